The van der Waals surface area contributed by atoms with Gasteiger partial charge in [0.2, 0.25) is 11.1 Å². The molecule has 1 aromatic heterocycles. The summed E-state index contributed by atoms with van der Waals surface area (Å²) >= 11 is 4.82. The third kappa shape index (κ3) is 5.34. The van der Waals surface area contributed by atoms with Crippen LogP contribution in [0.3, 0.4) is 0 Å². The van der Waals surface area contributed by atoms with Gasteiger partial charge >= 0.3 is 0 Å². The molecule has 0 bridgehead atoms. The number of aromatic nitrogens is 3. The quantitative estimate of drug-likeness (QED) is 0.448. The Kier molecular flexibility index (Phi) is 7.75. The molecule has 1 amide bonds. The number of methoxy groups -OCH3 is 2. The standard InChI is InChI=1S/C21H23BrN4O3S/c1-4-26(12-14-9-10-17(28-2)18(11-14)29-3)19(27)13-30-21-23-20(24-25-21)15-7-5-6-8-16(15)22/h5-11H,4,12-13H2,1-3H3,(H,23,24,25). The summed E-state index contributed by atoms with van der Waals surface area (Å²) in [5.74, 6) is 2.25. The molecule has 9 heteroatoms. The van der Waals surface area contributed by atoms with Crippen molar-refractivity contribution in [2.45, 2.75) is 18.6 Å². The Morgan fingerprint density at radius 2 is 1.93 bits per heavy atom. The average Bonchev–Trinajstić information content (AvgIpc) is 3.24. The van der Waals surface area contributed by atoms with E-state index in [0.717, 1.165) is 15.6 Å². The molecule has 0 aliphatic heterocycles. The highest BCUT2D eigenvalue weighted by Crippen LogP contribution is 2.29. The molecule has 3 rings (SSSR count). The van der Waals surface area contributed by atoms with Gasteiger partial charge < -0.3 is 14.4 Å². The molecule has 0 radical (unpaired) electrons. The van der Waals surface area contributed by atoms with Gasteiger partial charge in [-0.05, 0) is 30.7 Å². The number of H-pyrrole nitrogens is 1. The minimum Gasteiger partial charge on any atom is -0.493 e. The zero-order valence-electron chi connectivity index (χ0n) is 17.0. The molecule has 1 N–H and O–H groups in total. The van der Waals surface area contributed by atoms with Crippen LogP contribution in [0.15, 0.2) is 52.1 Å². The summed E-state index contributed by atoms with van der Waals surface area (Å²) in [6.45, 7) is 3.05. The van der Waals surface area contributed by atoms with E-state index in [1.54, 1.807) is 19.1 Å². The zero-order chi connectivity index (χ0) is 21.5. The summed E-state index contributed by atoms with van der Waals surface area (Å²) in [6.07, 6.45) is 0. The van der Waals surface area contributed by atoms with Gasteiger partial charge in [0.25, 0.3) is 0 Å². The number of hydrogen-bond donors (Lipinski definition) is 1. The molecule has 0 saturated heterocycles. The number of nitrogens with one attached hydrogen (secondary N) is 1. The number of halogens is 1. The van der Waals surface area contributed by atoms with Crippen LogP contribution in [0.2, 0.25) is 0 Å². The third-order valence-electron chi connectivity index (χ3n) is 4.47. The van der Waals surface area contributed by atoms with Crippen LogP contribution in [0.25, 0.3) is 11.4 Å². The number of carbonyl (C=O) groups is 1. The SMILES string of the molecule is CCN(Cc1ccc(OC)c(OC)c1)C(=O)CSc1n[nH]c(-c2ccccc2Br)n1. The lowest BCUT2D eigenvalue weighted by Crippen LogP contribution is -2.31. The third-order valence-corrected chi connectivity index (χ3v) is 6.00. The van der Waals surface area contributed by atoms with E-state index < -0.39 is 0 Å². The van der Waals surface area contributed by atoms with Gasteiger partial charge in [-0.25, -0.2) is 4.98 Å². The Morgan fingerprint density at radius 3 is 2.63 bits per heavy atom. The monoisotopic (exact) mass is 490 g/mol. The number of benzene rings is 2. The van der Waals surface area contributed by atoms with Crippen LogP contribution in [0.5, 0.6) is 11.5 Å². The normalized spacial score (nSPS) is 10.7. The van der Waals surface area contributed by atoms with Crippen LogP contribution in [-0.4, -0.2) is 52.5 Å². The van der Waals surface area contributed by atoms with Crippen LogP contribution in [0, 0.1) is 0 Å². The second-order valence-corrected chi connectivity index (χ2v) is 8.13. The number of nitrogens with zero attached hydrogens (tertiary/aromatic N) is 3. The highest BCUT2D eigenvalue weighted by Gasteiger charge is 2.16. The van der Waals surface area contributed by atoms with Crippen molar-refractivity contribution in [2.24, 2.45) is 0 Å². The summed E-state index contributed by atoms with van der Waals surface area (Å²) in [5, 5.41) is 7.69. The van der Waals surface area contributed by atoms with Gasteiger partial charge in [0, 0.05) is 23.1 Å². The molecular formula is C21H23BrN4O3S. The Hall–Kier alpha value is -2.52. The first-order chi connectivity index (χ1) is 14.5. The lowest BCUT2D eigenvalue weighted by molar-refractivity contribution is -0.128. The molecule has 158 valence electrons. The molecule has 0 saturated carbocycles. The van der Waals surface area contributed by atoms with Gasteiger partial charge in [0.05, 0.1) is 20.0 Å². The molecule has 3 aromatic rings. The van der Waals surface area contributed by atoms with Gasteiger partial charge in [-0.2, -0.15) is 0 Å². The lowest BCUT2D eigenvalue weighted by Gasteiger charge is -2.21. The van der Waals surface area contributed by atoms with E-state index in [-0.39, 0.29) is 11.7 Å². The fourth-order valence-corrected chi connectivity index (χ4v) is 4.05. The first-order valence-corrected chi connectivity index (χ1v) is 11.1. The summed E-state index contributed by atoms with van der Waals surface area (Å²) < 4.78 is 11.6. The maximum atomic E-state index is 12.7. The Morgan fingerprint density at radius 1 is 1.17 bits per heavy atom. The van der Waals surface area contributed by atoms with Crippen molar-refractivity contribution in [3.63, 3.8) is 0 Å². The first-order valence-electron chi connectivity index (χ1n) is 9.34. The molecule has 1 heterocycles. The average molecular weight is 491 g/mol. The molecule has 2 aromatic carbocycles. The van der Waals surface area contributed by atoms with Crippen molar-refractivity contribution in [3.8, 4) is 22.9 Å². The second kappa shape index (κ2) is 10.5. The fourth-order valence-electron chi connectivity index (χ4n) is 2.88. The van der Waals surface area contributed by atoms with Crippen molar-refractivity contribution < 1.29 is 14.3 Å². The van der Waals surface area contributed by atoms with Crippen LogP contribution in [0.1, 0.15) is 12.5 Å². The molecule has 30 heavy (non-hydrogen) atoms. The molecule has 0 aliphatic rings. The topological polar surface area (TPSA) is 80.3 Å². The van der Waals surface area contributed by atoms with Crippen LogP contribution in [-0.2, 0) is 11.3 Å². The van der Waals surface area contributed by atoms with Crippen molar-refractivity contribution in [2.75, 3.05) is 26.5 Å². The number of ether oxygens (including phenoxy) is 2. The maximum Gasteiger partial charge on any atom is 0.233 e. The van der Waals surface area contributed by atoms with E-state index >= 15 is 0 Å². The second-order valence-electron chi connectivity index (χ2n) is 6.33. The van der Waals surface area contributed by atoms with Crippen LogP contribution >= 0.6 is 27.7 Å². The molecule has 0 atom stereocenters. The molecule has 0 fully saturated rings. The molecule has 7 nitrogen and oxygen atoms in total. The van der Waals surface area contributed by atoms with E-state index in [1.165, 1.54) is 11.8 Å². The number of hydrogen-bond acceptors (Lipinski definition) is 6. The molecule has 0 unspecified atom stereocenters. The summed E-state index contributed by atoms with van der Waals surface area (Å²) in [6, 6.07) is 13.4. The van der Waals surface area contributed by atoms with Crippen LogP contribution < -0.4 is 9.47 Å². The van der Waals surface area contributed by atoms with Gasteiger partial charge in [-0.15, -0.1) is 5.10 Å². The first kappa shape index (κ1) is 22.2. The van der Waals surface area contributed by atoms with E-state index in [4.69, 9.17) is 9.47 Å². The number of thioether (sulfide) groups is 1. The van der Waals surface area contributed by atoms with Gasteiger partial charge in [0.1, 0.15) is 0 Å². The van der Waals surface area contributed by atoms with Crippen molar-refractivity contribution in [1.82, 2.24) is 20.1 Å². The smallest absolute Gasteiger partial charge is 0.233 e. The van der Waals surface area contributed by atoms with E-state index in [2.05, 4.69) is 31.1 Å². The largest absolute Gasteiger partial charge is 0.493 e. The zero-order valence-corrected chi connectivity index (χ0v) is 19.4. The minimum absolute atomic E-state index is 0.0181. The Bertz CT molecular complexity index is 1010. The number of carbonyl (C=O) groups excluding carboxylic acids is 1. The Balaban J connectivity index is 1.62. The highest BCUT2D eigenvalue weighted by molar-refractivity contribution is 9.10. The van der Waals surface area contributed by atoms with Crippen molar-refractivity contribution >= 4 is 33.6 Å². The van der Waals surface area contributed by atoms with E-state index in [1.807, 2.05) is 49.4 Å². The summed E-state index contributed by atoms with van der Waals surface area (Å²) in [5.41, 5.74) is 1.90. The number of amides is 1. The molecule has 0 spiro atoms. The summed E-state index contributed by atoms with van der Waals surface area (Å²) in [4.78, 5) is 19.0. The molecular weight excluding hydrogens is 468 g/mol. The number of aromatic amines is 1. The highest BCUT2D eigenvalue weighted by atomic mass is 79.9. The predicted molar refractivity (Wildman–Crippen MR) is 121 cm³/mol. The van der Waals surface area contributed by atoms with Gasteiger partial charge in [0.15, 0.2) is 17.3 Å². The fraction of sp³-hybridized carbons (Fsp3) is 0.286. The van der Waals surface area contributed by atoms with Gasteiger partial charge in [-0.1, -0.05) is 52.0 Å². The van der Waals surface area contributed by atoms with Crippen molar-refractivity contribution in [1.29, 1.82) is 0 Å². The number of rotatable bonds is 9. The molecule has 0 aliphatic carbocycles. The van der Waals surface area contributed by atoms with Gasteiger partial charge in [-0.3, -0.25) is 9.89 Å². The maximum absolute atomic E-state index is 12.7. The lowest BCUT2D eigenvalue weighted by atomic mass is 10.2. The minimum atomic E-state index is 0.0181. The van der Waals surface area contributed by atoms with Crippen molar-refractivity contribution in [3.05, 3.63) is 52.5 Å². The summed E-state index contributed by atoms with van der Waals surface area (Å²) in [7, 11) is 3.20. The van der Waals surface area contributed by atoms with Crippen LogP contribution in [0.4, 0.5) is 0 Å². The Labute approximate surface area is 188 Å². The van der Waals surface area contributed by atoms with E-state index in [0.29, 0.717) is 35.6 Å². The predicted octanol–water partition coefficient (Wildman–Crippen LogP) is 4.39. The van der Waals surface area contributed by atoms with E-state index in [9.17, 15) is 4.79 Å².